The Morgan fingerprint density at radius 1 is 1.27 bits per heavy atom. The second kappa shape index (κ2) is 5.95. The van der Waals surface area contributed by atoms with Crippen LogP contribution in [-0.2, 0) is 9.47 Å². The molecule has 1 heterocycles. The molecule has 1 aliphatic rings. The first-order valence-corrected chi connectivity index (χ1v) is 5.61. The summed E-state index contributed by atoms with van der Waals surface area (Å²) in [5.74, 6) is 0. The van der Waals surface area contributed by atoms with Crippen LogP contribution in [0.3, 0.4) is 0 Å². The lowest BCUT2D eigenvalue weighted by atomic mass is 9.98. The van der Waals surface area contributed by atoms with E-state index >= 15 is 0 Å². The third-order valence-electron chi connectivity index (χ3n) is 2.92. The topological polar surface area (TPSA) is 38.8 Å². The number of nitrogens with zero attached hydrogens (tertiary/aromatic N) is 1. The van der Waals surface area contributed by atoms with Gasteiger partial charge < -0.3 is 14.4 Å². The number of hydrogen-bond donors (Lipinski definition) is 0. The lowest BCUT2D eigenvalue weighted by Gasteiger charge is -2.37. The van der Waals surface area contributed by atoms with Crippen molar-refractivity contribution in [1.82, 2.24) is 4.90 Å². The number of rotatable bonds is 3. The molecule has 0 radical (unpaired) electrons. The molecule has 1 fully saturated rings. The Morgan fingerprint density at radius 3 is 2.40 bits per heavy atom. The number of methoxy groups -OCH3 is 1. The summed E-state index contributed by atoms with van der Waals surface area (Å²) < 4.78 is 9.96. The number of piperidine rings is 1. The van der Waals surface area contributed by atoms with Gasteiger partial charge in [-0.1, -0.05) is 0 Å². The third kappa shape index (κ3) is 3.38. The van der Waals surface area contributed by atoms with Crippen molar-refractivity contribution in [2.75, 3.05) is 20.3 Å². The molecule has 0 aliphatic carbocycles. The van der Waals surface area contributed by atoms with Gasteiger partial charge >= 0.3 is 6.09 Å². The Labute approximate surface area is 91.5 Å². The van der Waals surface area contributed by atoms with E-state index < -0.39 is 0 Å². The molecule has 0 aromatic heterocycles. The first kappa shape index (κ1) is 12.3. The molecular formula is C11H21NO3. The fourth-order valence-electron chi connectivity index (χ4n) is 2.07. The minimum Gasteiger partial charge on any atom is -0.447 e. The maximum atomic E-state index is 11.7. The first-order chi connectivity index (χ1) is 7.16. The van der Waals surface area contributed by atoms with Gasteiger partial charge in [0.05, 0.1) is 6.61 Å². The zero-order valence-electron chi connectivity index (χ0n) is 9.86. The van der Waals surface area contributed by atoms with Gasteiger partial charge in [0.15, 0.2) is 0 Å². The van der Waals surface area contributed by atoms with Gasteiger partial charge in [-0.3, -0.25) is 0 Å². The molecule has 1 amide bonds. The van der Waals surface area contributed by atoms with Gasteiger partial charge in [-0.25, -0.2) is 4.79 Å². The summed E-state index contributed by atoms with van der Waals surface area (Å²) in [7, 11) is 1.60. The summed E-state index contributed by atoms with van der Waals surface area (Å²) in [5, 5.41) is 0. The van der Waals surface area contributed by atoms with Crippen LogP contribution in [0.25, 0.3) is 0 Å². The summed E-state index contributed by atoms with van der Waals surface area (Å²) in [6.45, 7) is 4.95. The van der Waals surface area contributed by atoms with Crippen LogP contribution in [-0.4, -0.2) is 43.4 Å². The molecule has 0 aromatic rings. The Hall–Kier alpha value is -0.770. The van der Waals surface area contributed by atoms with Gasteiger partial charge in [0, 0.05) is 19.2 Å². The van der Waals surface area contributed by atoms with E-state index in [1.54, 1.807) is 7.11 Å². The fourth-order valence-corrected chi connectivity index (χ4v) is 2.07. The lowest BCUT2D eigenvalue weighted by Crippen LogP contribution is -2.47. The van der Waals surface area contributed by atoms with E-state index in [-0.39, 0.29) is 6.09 Å². The molecule has 0 N–H and O–H groups in total. The first-order valence-electron chi connectivity index (χ1n) is 5.61. The minimum absolute atomic E-state index is 0.202. The minimum atomic E-state index is -0.202. The fraction of sp³-hybridized carbons (Fsp3) is 0.909. The van der Waals surface area contributed by atoms with Crippen LogP contribution in [0.15, 0.2) is 0 Å². The molecule has 0 spiro atoms. The van der Waals surface area contributed by atoms with Crippen LogP contribution in [0, 0.1) is 0 Å². The van der Waals surface area contributed by atoms with Crippen LogP contribution in [0.5, 0.6) is 0 Å². The summed E-state index contributed by atoms with van der Waals surface area (Å²) in [6, 6.07) is 0.590. The van der Waals surface area contributed by atoms with Crippen molar-refractivity contribution in [2.45, 2.75) is 45.2 Å². The summed E-state index contributed by atoms with van der Waals surface area (Å²) in [6.07, 6.45) is 3.14. The Balaban J connectivity index is 2.41. The van der Waals surface area contributed by atoms with E-state index in [4.69, 9.17) is 9.47 Å². The van der Waals surface area contributed by atoms with Crippen molar-refractivity contribution in [3.63, 3.8) is 0 Å². The van der Waals surface area contributed by atoms with Crippen molar-refractivity contribution in [3.8, 4) is 0 Å². The van der Waals surface area contributed by atoms with Crippen molar-refractivity contribution >= 4 is 6.09 Å². The molecule has 1 rings (SSSR count). The molecule has 15 heavy (non-hydrogen) atoms. The highest BCUT2D eigenvalue weighted by molar-refractivity contribution is 5.68. The summed E-state index contributed by atoms with van der Waals surface area (Å²) >= 11 is 0. The van der Waals surface area contributed by atoms with Crippen LogP contribution in [0.2, 0.25) is 0 Å². The highest BCUT2D eigenvalue weighted by Gasteiger charge is 2.29. The van der Waals surface area contributed by atoms with E-state index in [1.165, 1.54) is 6.42 Å². The van der Waals surface area contributed by atoms with Crippen LogP contribution >= 0.6 is 0 Å². The number of ether oxygens (including phenoxy) is 2. The lowest BCUT2D eigenvalue weighted by molar-refractivity contribution is 0.0393. The van der Waals surface area contributed by atoms with E-state index in [1.807, 2.05) is 4.90 Å². The number of carbonyl (C=O) groups excluding carboxylic acids is 1. The van der Waals surface area contributed by atoms with Crippen LogP contribution in [0.4, 0.5) is 4.79 Å². The van der Waals surface area contributed by atoms with Gasteiger partial charge in [0.2, 0.25) is 0 Å². The van der Waals surface area contributed by atoms with E-state index in [0.717, 1.165) is 12.8 Å². The zero-order chi connectivity index (χ0) is 11.3. The molecule has 0 saturated carbocycles. The molecule has 2 atom stereocenters. The molecule has 1 saturated heterocycles. The standard InChI is InChI=1S/C11H21NO3/c1-9-5-4-6-10(2)12(9)11(13)15-8-7-14-3/h9-10H,4-8H2,1-3H3. The summed E-state index contributed by atoms with van der Waals surface area (Å²) in [5.41, 5.74) is 0. The molecular weight excluding hydrogens is 194 g/mol. The van der Waals surface area contributed by atoms with Crippen molar-refractivity contribution in [3.05, 3.63) is 0 Å². The van der Waals surface area contributed by atoms with Gasteiger partial charge in [-0.2, -0.15) is 0 Å². The molecule has 88 valence electrons. The number of amides is 1. The molecule has 0 bridgehead atoms. The molecule has 2 unspecified atom stereocenters. The number of likely N-dealkylation sites (tertiary alicyclic amines) is 1. The van der Waals surface area contributed by atoms with Crippen molar-refractivity contribution < 1.29 is 14.3 Å². The average Bonchev–Trinajstić information content (AvgIpc) is 2.18. The van der Waals surface area contributed by atoms with Gasteiger partial charge in [0.25, 0.3) is 0 Å². The second-order valence-corrected chi connectivity index (χ2v) is 4.14. The Kier molecular flexibility index (Phi) is 4.88. The zero-order valence-corrected chi connectivity index (χ0v) is 9.86. The van der Waals surface area contributed by atoms with Crippen LogP contribution in [0.1, 0.15) is 33.1 Å². The predicted octanol–water partition coefficient (Wildman–Crippen LogP) is 2.03. The van der Waals surface area contributed by atoms with Crippen LogP contribution < -0.4 is 0 Å². The number of hydrogen-bond acceptors (Lipinski definition) is 3. The highest BCUT2D eigenvalue weighted by atomic mass is 16.6. The van der Waals surface area contributed by atoms with Gasteiger partial charge in [0.1, 0.15) is 6.61 Å². The predicted molar refractivity (Wildman–Crippen MR) is 57.8 cm³/mol. The van der Waals surface area contributed by atoms with E-state index in [2.05, 4.69) is 13.8 Å². The normalized spacial score (nSPS) is 26.5. The van der Waals surface area contributed by atoms with Crippen molar-refractivity contribution in [1.29, 1.82) is 0 Å². The van der Waals surface area contributed by atoms with Gasteiger partial charge in [-0.05, 0) is 33.1 Å². The summed E-state index contributed by atoms with van der Waals surface area (Å²) in [4.78, 5) is 13.6. The monoisotopic (exact) mass is 215 g/mol. The maximum Gasteiger partial charge on any atom is 0.410 e. The quantitative estimate of drug-likeness (QED) is 0.676. The third-order valence-corrected chi connectivity index (χ3v) is 2.92. The Morgan fingerprint density at radius 2 is 1.87 bits per heavy atom. The molecule has 0 aromatic carbocycles. The Bertz CT molecular complexity index is 198. The highest BCUT2D eigenvalue weighted by Crippen LogP contribution is 2.22. The van der Waals surface area contributed by atoms with Gasteiger partial charge in [-0.15, -0.1) is 0 Å². The number of carbonyl (C=O) groups is 1. The smallest absolute Gasteiger partial charge is 0.410 e. The molecule has 1 aliphatic heterocycles. The maximum absolute atomic E-state index is 11.7. The SMILES string of the molecule is COCCOC(=O)N1C(C)CCCC1C. The van der Waals surface area contributed by atoms with E-state index in [9.17, 15) is 4.79 Å². The second-order valence-electron chi connectivity index (χ2n) is 4.14. The molecule has 4 nitrogen and oxygen atoms in total. The molecule has 4 heteroatoms. The van der Waals surface area contributed by atoms with Crippen molar-refractivity contribution in [2.24, 2.45) is 0 Å². The average molecular weight is 215 g/mol. The van der Waals surface area contributed by atoms with E-state index in [0.29, 0.717) is 25.3 Å². The largest absolute Gasteiger partial charge is 0.447 e.